The van der Waals surface area contributed by atoms with Crippen molar-refractivity contribution < 1.29 is 9.31 Å². The van der Waals surface area contributed by atoms with E-state index in [4.69, 9.17) is 11.6 Å². The number of hydrogen-bond acceptors (Lipinski definition) is 3. The summed E-state index contributed by atoms with van der Waals surface area (Å²) in [7, 11) is 0. The van der Waals surface area contributed by atoms with E-state index >= 15 is 0 Å². The van der Waals surface area contributed by atoms with Gasteiger partial charge in [-0.3, -0.25) is 10.1 Å². The second kappa shape index (κ2) is 5.54. The van der Waals surface area contributed by atoms with Crippen LogP contribution in [0.25, 0.3) is 0 Å². The molecule has 0 radical (unpaired) electrons. The molecule has 0 unspecified atom stereocenters. The molecule has 0 atom stereocenters. The molecule has 7 heteroatoms. The fraction of sp³-hybridized carbons (Fsp3) is 0. The zero-order valence-electron chi connectivity index (χ0n) is 9.36. The first-order chi connectivity index (χ1) is 8.99. The van der Waals surface area contributed by atoms with Crippen molar-refractivity contribution in [2.45, 2.75) is 0 Å². The van der Waals surface area contributed by atoms with Crippen LogP contribution in [0.1, 0.15) is 0 Å². The number of benzene rings is 2. The zero-order valence-corrected chi connectivity index (χ0v) is 11.7. The van der Waals surface area contributed by atoms with Crippen LogP contribution >= 0.6 is 27.5 Å². The minimum absolute atomic E-state index is 0.0826. The second-order valence-electron chi connectivity index (χ2n) is 3.65. The third kappa shape index (κ3) is 3.02. The molecule has 0 saturated heterocycles. The Morgan fingerprint density at radius 3 is 2.68 bits per heavy atom. The van der Waals surface area contributed by atoms with E-state index in [1.807, 2.05) is 0 Å². The molecule has 0 spiro atoms. The maximum absolute atomic E-state index is 13.4. The summed E-state index contributed by atoms with van der Waals surface area (Å²) in [5, 5.41) is 14.2. The average Bonchev–Trinajstić information content (AvgIpc) is 2.33. The maximum atomic E-state index is 13.4. The normalized spacial score (nSPS) is 10.3. The molecule has 19 heavy (non-hydrogen) atoms. The van der Waals surface area contributed by atoms with Crippen LogP contribution in [0.2, 0.25) is 5.02 Å². The number of nitro benzene ring substituents is 1. The second-order valence-corrected chi connectivity index (χ2v) is 4.91. The van der Waals surface area contributed by atoms with Crippen LogP contribution in [0.15, 0.2) is 40.9 Å². The standard InChI is InChI=1S/C12H7BrClFN2O2/c13-8-6-7(4-5-9(8)14)16-11-3-1-2-10(15)12(11)17(18)19/h1-6,16H. The quantitative estimate of drug-likeness (QED) is 0.636. The van der Waals surface area contributed by atoms with Gasteiger partial charge in [0.05, 0.1) is 9.95 Å². The Morgan fingerprint density at radius 1 is 1.32 bits per heavy atom. The monoisotopic (exact) mass is 344 g/mol. The van der Waals surface area contributed by atoms with Crippen molar-refractivity contribution >= 4 is 44.6 Å². The van der Waals surface area contributed by atoms with Gasteiger partial charge in [-0.15, -0.1) is 0 Å². The minimum atomic E-state index is -0.886. The lowest BCUT2D eigenvalue weighted by atomic mass is 10.2. The number of halogens is 3. The van der Waals surface area contributed by atoms with E-state index in [0.29, 0.717) is 15.2 Å². The van der Waals surface area contributed by atoms with Gasteiger partial charge in [0.2, 0.25) is 5.82 Å². The highest BCUT2D eigenvalue weighted by Gasteiger charge is 2.19. The highest BCUT2D eigenvalue weighted by molar-refractivity contribution is 9.10. The summed E-state index contributed by atoms with van der Waals surface area (Å²) in [6.07, 6.45) is 0. The van der Waals surface area contributed by atoms with Crippen LogP contribution in [-0.4, -0.2) is 4.92 Å². The van der Waals surface area contributed by atoms with Gasteiger partial charge in [-0.05, 0) is 46.3 Å². The molecule has 98 valence electrons. The molecule has 2 aromatic carbocycles. The van der Waals surface area contributed by atoms with Crippen molar-refractivity contribution in [1.82, 2.24) is 0 Å². The topological polar surface area (TPSA) is 55.2 Å². The van der Waals surface area contributed by atoms with Crippen molar-refractivity contribution in [3.05, 3.63) is 61.8 Å². The predicted octanol–water partition coefficient (Wildman–Crippen LogP) is 4.89. The number of rotatable bonds is 3. The predicted molar refractivity (Wildman–Crippen MR) is 75.5 cm³/mol. The van der Waals surface area contributed by atoms with Gasteiger partial charge in [0.1, 0.15) is 5.69 Å². The summed E-state index contributed by atoms with van der Waals surface area (Å²) in [5.74, 6) is -0.886. The summed E-state index contributed by atoms with van der Waals surface area (Å²) in [5.41, 5.74) is 0.0535. The first kappa shape index (κ1) is 13.8. The smallest absolute Gasteiger partial charge is 0.327 e. The number of nitrogens with one attached hydrogen (secondary N) is 1. The van der Waals surface area contributed by atoms with E-state index in [2.05, 4.69) is 21.2 Å². The Kier molecular flexibility index (Phi) is 4.01. The number of nitro groups is 1. The molecule has 0 aliphatic carbocycles. The van der Waals surface area contributed by atoms with Crippen molar-refractivity contribution in [1.29, 1.82) is 0 Å². The molecule has 0 amide bonds. The fourth-order valence-corrected chi connectivity index (χ4v) is 2.03. The van der Waals surface area contributed by atoms with Crippen LogP contribution < -0.4 is 5.32 Å². The molecule has 0 saturated carbocycles. The molecular formula is C12H7BrClFN2O2. The van der Waals surface area contributed by atoms with Crippen LogP contribution in [-0.2, 0) is 0 Å². The lowest BCUT2D eigenvalue weighted by Gasteiger charge is -2.08. The van der Waals surface area contributed by atoms with E-state index in [1.54, 1.807) is 18.2 Å². The minimum Gasteiger partial charge on any atom is -0.350 e. The number of nitrogens with zero attached hydrogens (tertiary/aromatic N) is 1. The van der Waals surface area contributed by atoms with Crippen molar-refractivity contribution in [3.63, 3.8) is 0 Å². The summed E-state index contributed by atoms with van der Waals surface area (Å²) in [4.78, 5) is 10.1. The largest absolute Gasteiger partial charge is 0.350 e. The summed E-state index contributed by atoms with van der Waals surface area (Å²) >= 11 is 9.09. The number of hydrogen-bond donors (Lipinski definition) is 1. The fourth-order valence-electron chi connectivity index (χ4n) is 1.53. The first-order valence-electron chi connectivity index (χ1n) is 5.14. The van der Waals surface area contributed by atoms with Crippen LogP contribution in [0, 0.1) is 15.9 Å². The van der Waals surface area contributed by atoms with Gasteiger partial charge in [0.15, 0.2) is 0 Å². The summed E-state index contributed by atoms with van der Waals surface area (Å²) in [6.45, 7) is 0. The van der Waals surface area contributed by atoms with Gasteiger partial charge in [-0.2, -0.15) is 4.39 Å². The number of anilines is 2. The van der Waals surface area contributed by atoms with Gasteiger partial charge in [0.25, 0.3) is 0 Å². The van der Waals surface area contributed by atoms with Gasteiger partial charge in [-0.1, -0.05) is 17.7 Å². The lowest BCUT2D eigenvalue weighted by molar-refractivity contribution is -0.386. The summed E-state index contributed by atoms with van der Waals surface area (Å²) in [6, 6.07) is 8.79. The zero-order chi connectivity index (χ0) is 14.0. The number of para-hydroxylation sites is 1. The molecule has 0 aliphatic heterocycles. The molecule has 0 aromatic heterocycles. The van der Waals surface area contributed by atoms with Crippen LogP contribution in [0.5, 0.6) is 0 Å². The third-order valence-corrected chi connectivity index (χ3v) is 3.58. The Bertz CT molecular complexity index is 652. The Hall–Kier alpha value is -1.66. The van der Waals surface area contributed by atoms with Gasteiger partial charge >= 0.3 is 5.69 Å². The summed E-state index contributed by atoms with van der Waals surface area (Å²) < 4.78 is 14.1. The third-order valence-electron chi connectivity index (χ3n) is 2.37. The molecule has 0 heterocycles. The molecular weight excluding hydrogens is 338 g/mol. The van der Waals surface area contributed by atoms with Gasteiger partial charge < -0.3 is 5.32 Å². The van der Waals surface area contributed by atoms with Crippen molar-refractivity contribution in [3.8, 4) is 0 Å². The Labute approximate surface area is 121 Å². The maximum Gasteiger partial charge on any atom is 0.327 e. The van der Waals surface area contributed by atoms with E-state index < -0.39 is 16.4 Å². The van der Waals surface area contributed by atoms with Crippen molar-refractivity contribution in [2.24, 2.45) is 0 Å². The molecule has 1 N–H and O–H groups in total. The van der Waals surface area contributed by atoms with E-state index in [0.717, 1.165) is 6.07 Å². The Morgan fingerprint density at radius 2 is 2.05 bits per heavy atom. The highest BCUT2D eigenvalue weighted by Crippen LogP contribution is 2.32. The van der Waals surface area contributed by atoms with Crippen LogP contribution in [0.4, 0.5) is 21.5 Å². The molecule has 0 bridgehead atoms. The first-order valence-corrected chi connectivity index (χ1v) is 6.31. The van der Waals surface area contributed by atoms with Crippen molar-refractivity contribution in [2.75, 3.05) is 5.32 Å². The van der Waals surface area contributed by atoms with Gasteiger partial charge in [0, 0.05) is 10.2 Å². The molecule has 2 rings (SSSR count). The SMILES string of the molecule is O=[N+]([O-])c1c(F)cccc1Nc1ccc(Cl)c(Br)c1. The molecule has 4 nitrogen and oxygen atoms in total. The molecule has 0 aliphatic rings. The molecule has 0 fully saturated rings. The average molecular weight is 346 g/mol. The van der Waals surface area contributed by atoms with Crippen LogP contribution in [0.3, 0.4) is 0 Å². The van der Waals surface area contributed by atoms with Gasteiger partial charge in [-0.25, -0.2) is 0 Å². The van der Waals surface area contributed by atoms with E-state index in [1.165, 1.54) is 12.1 Å². The Balaban J connectivity index is 2.40. The lowest BCUT2D eigenvalue weighted by Crippen LogP contribution is -1.99. The molecule has 2 aromatic rings. The van der Waals surface area contributed by atoms with E-state index in [9.17, 15) is 14.5 Å². The highest BCUT2D eigenvalue weighted by atomic mass is 79.9. The van der Waals surface area contributed by atoms with E-state index in [-0.39, 0.29) is 5.69 Å².